The van der Waals surface area contributed by atoms with Crippen molar-refractivity contribution < 1.29 is 4.79 Å². The summed E-state index contributed by atoms with van der Waals surface area (Å²) in [6.45, 7) is 4.49. The standard InChI is InChI=1S/C26H29N5O/c1-17-15-20(24-25(28-17)31-12-6-2-3-9-23(31)29-24)26(32)30-13-10-18(11-14-30)21-16-27-22-8-5-4-7-19(21)22/h4-5,7-8,15-16,18,27H,2-3,6,9-14H2,1H3. The monoisotopic (exact) mass is 427 g/mol. The van der Waals surface area contributed by atoms with E-state index in [0.29, 0.717) is 5.92 Å². The first kappa shape index (κ1) is 19.5. The van der Waals surface area contributed by atoms with Gasteiger partial charge < -0.3 is 14.5 Å². The number of carbonyl (C=O) groups is 1. The number of hydrogen-bond donors (Lipinski definition) is 1. The summed E-state index contributed by atoms with van der Waals surface area (Å²) in [6.07, 6.45) is 8.64. The van der Waals surface area contributed by atoms with Crippen LogP contribution in [0.5, 0.6) is 0 Å². The molecule has 0 aliphatic carbocycles. The number of aromatic nitrogens is 4. The molecule has 1 aromatic carbocycles. The van der Waals surface area contributed by atoms with E-state index < -0.39 is 0 Å². The van der Waals surface area contributed by atoms with E-state index in [4.69, 9.17) is 9.97 Å². The molecule has 0 atom stereocenters. The molecule has 2 aliphatic rings. The molecule has 0 radical (unpaired) electrons. The third kappa shape index (κ3) is 3.20. The molecule has 1 amide bonds. The zero-order valence-corrected chi connectivity index (χ0v) is 18.6. The summed E-state index contributed by atoms with van der Waals surface area (Å²) < 4.78 is 2.25. The number of hydrogen-bond acceptors (Lipinski definition) is 3. The molecule has 0 spiro atoms. The molecule has 6 heteroatoms. The minimum atomic E-state index is 0.103. The molecule has 0 unspecified atom stereocenters. The highest BCUT2D eigenvalue weighted by atomic mass is 16.2. The first-order valence-electron chi connectivity index (χ1n) is 11.9. The van der Waals surface area contributed by atoms with Gasteiger partial charge in [0.25, 0.3) is 5.91 Å². The number of pyridine rings is 1. The van der Waals surface area contributed by atoms with Crippen molar-refractivity contribution in [2.75, 3.05) is 13.1 Å². The third-order valence-corrected chi connectivity index (χ3v) is 7.27. The molecular formula is C26H29N5O. The van der Waals surface area contributed by atoms with Gasteiger partial charge in [0.2, 0.25) is 0 Å². The summed E-state index contributed by atoms with van der Waals surface area (Å²) in [5.41, 5.74) is 5.86. The minimum absolute atomic E-state index is 0.103. The number of imidazole rings is 1. The number of likely N-dealkylation sites (tertiary alicyclic amines) is 1. The highest BCUT2D eigenvalue weighted by Gasteiger charge is 2.28. The van der Waals surface area contributed by atoms with Crippen LogP contribution < -0.4 is 0 Å². The van der Waals surface area contributed by atoms with Crippen molar-refractivity contribution in [2.24, 2.45) is 0 Å². The van der Waals surface area contributed by atoms with Crippen LogP contribution in [-0.4, -0.2) is 43.4 Å². The second kappa shape index (κ2) is 7.76. The van der Waals surface area contributed by atoms with E-state index in [0.717, 1.165) is 80.0 Å². The molecule has 6 nitrogen and oxygen atoms in total. The Hall–Kier alpha value is -3.15. The number of amides is 1. The van der Waals surface area contributed by atoms with Gasteiger partial charge in [0.15, 0.2) is 5.65 Å². The zero-order valence-electron chi connectivity index (χ0n) is 18.6. The number of benzene rings is 1. The number of nitrogens with zero attached hydrogens (tertiary/aromatic N) is 4. The van der Waals surface area contributed by atoms with Crippen molar-refractivity contribution in [3.63, 3.8) is 0 Å². The number of carbonyl (C=O) groups excluding carboxylic acids is 1. The van der Waals surface area contributed by atoms with E-state index >= 15 is 0 Å². The van der Waals surface area contributed by atoms with Gasteiger partial charge >= 0.3 is 0 Å². The van der Waals surface area contributed by atoms with Crippen molar-refractivity contribution in [1.82, 2.24) is 24.4 Å². The van der Waals surface area contributed by atoms with Gasteiger partial charge in [-0.1, -0.05) is 24.6 Å². The molecule has 6 rings (SSSR count). The van der Waals surface area contributed by atoms with E-state index in [1.54, 1.807) is 0 Å². The zero-order chi connectivity index (χ0) is 21.7. The fraction of sp³-hybridized carbons (Fsp3) is 0.423. The lowest BCUT2D eigenvalue weighted by Crippen LogP contribution is -2.38. The van der Waals surface area contributed by atoms with E-state index in [2.05, 4.69) is 40.0 Å². The smallest absolute Gasteiger partial charge is 0.256 e. The van der Waals surface area contributed by atoms with E-state index in [1.807, 2.05) is 17.9 Å². The molecule has 3 aromatic heterocycles. The van der Waals surface area contributed by atoms with Crippen LogP contribution in [0.4, 0.5) is 0 Å². The van der Waals surface area contributed by atoms with Crippen LogP contribution in [0.15, 0.2) is 36.5 Å². The van der Waals surface area contributed by atoms with Gasteiger partial charge in [-0.05, 0) is 56.2 Å². The SMILES string of the molecule is Cc1cc(C(=O)N2CCC(c3c[nH]c4ccccc34)CC2)c2nc3n(c2n1)CCCCC3. The molecule has 0 saturated carbocycles. The largest absolute Gasteiger partial charge is 0.361 e. The molecule has 164 valence electrons. The van der Waals surface area contributed by atoms with E-state index in [9.17, 15) is 4.79 Å². The molecule has 2 aliphatic heterocycles. The van der Waals surface area contributed by atoms with Gasteiger partial charge in [-0.25, -0.2) is 9.97 Å². The molecular weight excluding hydrogens is 398 g/mol. The minimum Gasteiger partial charge on any atom is -0.361 e. The lowest BCUT2D eigenvalue weighted by Gasteiger charge is -2.32. The molecule has 1 fully saturated rings. The maximum Gasteiger partial charge on any atom is 0.256 e. The Bertz CT molecular complexity index is 1310. The van der Waals surface area contributed by atoms with Gasteiger partial charge in [0, 0.05) is 48.8 Å². The van der Waals surface area contributed by atoms with Crippen LogP contribution in [0.3, 0.4) is 0 Å². The van der Waals surface area contributed by atoms with Crippen molar-refractivity contribution in [2.45, 2.75) is 57.9 Å². The van der Waals surface area contributed by atoms with Gasteiger partial charge in [0.05, 0.1) is 5.56 Å². The van der Waals surface area contributed by atoms with Gasteiger partial charge in [0.1, 0.15) is 11.3 Å². The van der Waals surface area contributed by atoms with Crippen LogP contribution in [0.25, 0.3) is 22.1 Å². The highest BCUT2D eigenvalue weighted by Crippen LogP contribution is 2.34. The summed E-state index contributed by atoms with van der Waals surface area (Å²) in [6, 6.07) is 10.4. The van der Waals surface area contributed by atoms with Crippen molar-refractivity contribution in [3.05, 3.63) is 59.2 Å². The number of H-pyrrole nitrogens is 1. The molecule has 4 aromatic rings. The lowest BCUT2D eigenvalue weighted by atomic mass is 9.89. The number of para-hydroxylation sites is 1. The van der Waals surface area contributed by atoms with Crippen LogP contribution in [0.1, 0.15) is 65.5 Å². The summed E-state index contributed by atoms with van der Waals surface area (Å²) >= 11 is 0. The van der Waals surface area contributed by atoms with Crippen molar-refractivity contribution >= 4 is 28.0 Å². The fourth-order valence-electron chi connectivity index (χ4n) is 5.57. The Kier molecular flexibility index (Phi) is 4.74. The van der Waals surface area contributed by atoms with Crippen LogP contribution in [0, 0.1) is 6.92 Å². The van der Waals surface area contributed by atoms with Gasteiger partial charge in [-0.2, -0.15) is 0 Å². The van der Waals surface area contributed by atoms with Gasteiger partial charge in [-0.3, -0.25) is 4.79 Å². The third-order valence-electron chi connectivity index (χ3n) is 7.27. The molecule has 0 bridgehead atoms. The van der Waals surface area contributed by atoms with E-state index in [-0.39, 0.29) is 5.91 Å². The number of rotatable bonds is 2. The predicted octanol–water partition coefficient (Wildman–Crippen LogP) is 4.97. The Labute approximate surface area is 187 Å². The second-order valence-electron chi connectivity index (χ2n) is 9.33. The van der Waals surface area contributed by atoms with E-state index in [1.165, 1.54) is 22.9 Å². The highest BCUT2D eigenvalue weighted by molar-refractivity contribution is 6.04. The van der Waals surface area contributed by atoms with Crippen LogP contribution in [0.2, 0.25) is 0 Å². The lowest BCUT2D eigenvalue weighted by molar-refractivity contribution is 0.0715. The topological polar surface area (TPSA) is 66.8 Å². The molecule has 1 saturated heterocycles. The van der Waals surface area contributed by atoms with Crippen molar-refractivity contribution in [3.8, 4) is 0 Å². The van der Waals surface area contributed by atoms with Crippen molar-refractivity contribution in [1.29, 1.82) is 0 Å². The normalized spacial score (nSPS) is 17.6. The number of fused-ring (bicyclic) bond motifs is 4. The summed E-state index contributed by atoms with van der Waals surface area (Å²) in [5, 5.41) is 1.31. The first-order valence-corrected chi connectivity index (χ1v) is 11.9. The first-order chi connectivity index (χ1) is 15.7. The molecule has 5 heterocycles. The Morgan fingerprint density at radius 2 is 1.91 bits per heavy atom. The molecule has 1 N–H and O–H groups in total. The molecule has 32 heavy (non-hydrogen) atoms. The maximum atomic E-state index is 13.6. The van der Waals surface area contributed by atoms with Crippen LogP contribution in [-0.2, 0) is 13.0 Å². The maximum absolute atomic E-state index is 13.6. The quantitative estimate of drug-likeness (QED) is 0.491. The average Bonchev–Trinajstić information content (AvgIpc) is 3.31. The van der Waals surface area contributed by atoms with Gasteiger partial charge in [-0.15, -0.1) is 0 Å². The Balaban J connectivity index is 1.26. The summed E-state index contributed by atoms with van der Waals surface area (Å²) in [4.78, 5) is 28.7. The number of aromatic amines is 1. The Morgan fingerprint density at radius 3 is 2.78 bits per heavy atom. The summed E-state index contributed by atoms with van der Waals surface area (Å²) in [7, 11) is 0. The number of aryl methyl sites for hydroxylation is 3. The van der Waals surface area contributed by atoms with Crippen LogP contribution >= 0.6 is 0 Å². The second-order valence-corrected chi connectivity index (χ2v) is 9.33. The number of nitrogens with one attached hydrogen (secondary N) is 1. The Morgan fingerprint density at radius 1 is 1.06 bits per heavy atom. The predicted molar refractivity (Wildman–Crippen MR) is 126 cm³/mol. The fourth-order valence-corrected chi connectivity index (χ4v) is 5.57. The average molecular weight is 428 g/mol. The summed E-state index contributed by atoms with van der Waals surface area (Å²) in [5.74, 6) is 1.67. The number of piperidine rings is 1.